The van der Waals surface area contributed by atoms with E-state index >= 15 is 0 Å². The molecular formula is C15H22N4O2. The molecule has 2 aliphatic rings. The lowest BCUT2D eigenvalue weighted by Gasteiger charge is -2.34. The molecule has 0 saturated carbocycles. The van der Waals surface area contributed by atoms with E-state index in [1.54, 1.807) is 12.4 Å². The zero-order chi connectivity index (χ0) is 14.7. The summed E-state index contributed by atoms with van der Waals surface area (Å²) in [5, 5.41) is 0. The SMILES string of the molecule is CCOCC(=O)N1C[C@@H]2CCN(c3ncccn3)C[C@@H]2C1. The predicted molar refractivity (Wildman–Crippen MR) is 78.9 cm³/mol. The average molecular weight is 290 g/mol. The number of fused-ring (bicyclic) bond motifs is 1. The van der Waals surface area contributed by atoms with Gasteiger partial charge in [-0.15, -0.1) is 0 Å². The smallest absolute Gasteiger partial charge is 0.248 e. The van der Waals surface area contributed by atoms with Crippen LogP contribution in [0.1, 0.15) is 13.3 Å². The van der Waals surface area contributed by atoms with Crippen molar-refractivity contribution in [2.24, 2.45) is 11.8 Å². The molecule has 0 aromatic carbocycles. The number of amides is 1. The van der Waals surface area contributed by atoms with Crippen molar-refractivity contribution in [3.05, 3.63) is 18.5 Å². The van der Waals surface area contributed by atoms with Crippen LogP contribution >= 0.6 is 0 Å². The van der Waals surface area contributed by atoms with Crippen molar-refractivity contribution in [3.63, 3.8) is 0 Å². The van der Waals surface area contributed by atoms with Crippen molar-refractivity contribution in [2.45, 2.75) is 13.3 Å². The third-order valence-corrected chi connectivity index (χ3v) is 4.42. The second kappa shape index (κ2) is 6.39. The Labute approximate surface area is 125 Å². The van der Waals surface area contributed by atoms with E-state index in [0.29, 0.717) is 18.4 Å². The largest absolute Gasteiger partial charge is 0.372 e. The molecule has 6 heteroatoms. The van der Waals surface area contributed by atoms with E-state index in [1.165, 1.54) is 0 Å². The van der Waals surface area contributed by atoms with E-state index in [4.69, 9.17) is 4.74 Å². The maximum atomic E-state index is 12.1. The quantitative estimate of drug-likeness (QED) is 0.821. The zero-order valence-corrected chi connectivity index (χ0v) is 12.4. The number of rotatable bonds is 4. The minimum absolute atomic E-state index is 0.119. The second-order valence-corrected chi connectivity index (χ2v) is 5.74. The Hall–Kier alpha value is -1.69. The van der Waals surface area contributed by atoms with Gasteiger partial charge in [0.25, 0.3) is 0 Å². The summed E-state index contributed by atoms with van der Waals surface area (Å²) in [7, 11) is 0. The third kappa shape index (κ3) is 3.15. The van der Waals surface area contributed by atoms with E-state index < -0.39 is 0 Å². The maximum absolute atomic E-state index is 12.1. The Kier molecular flexibility index (Phi) is 4.34. The molecule has 0 aliphatic carbocycles. The molecule has 0 N–H and O–H groups in total. The molecule has 0 bridgehead atoms. The third-order valence-electron chi connectivity index (χ3n) is 4.42. The number of likely N-dealkylation sites (tertiary alicyclic amines) is 1. The summed E-state index contributed by atoms with van der Waals surface area (Å²) in [6, 6.07) is 1.83. The lowest BCUT2D eigenvalue weighted by atomic mass is 9.89. The van der Waals surface area contributed by atoms with Gasteiger partial charge in [0, 0.05) is 45.2 Å². The van der Waals surface area contributed by atoms with Crippen molar-refractivity contribution in [2.75, 3.05) is 44.3 Å². The molecule has 1 aromatic heterocycles. The van der Waals surface area contributed by atoms with Gasteiger partial charge in [0.15, 0.2) is 0 Å². The number of hydrogen-bond donors (Lipinski definition) is 0. The maximum Gasteiger partial charge on any atom is 0.248 e. The molecule has 1 aromatic rings. The van der Waals surface area contributed by atoms with Gasteiger partial charge in [0.1, 0.15) is 6.61 Å². The molecule has 2 aliphatic heterocycles. The number of carbonyl (C=O) groups excluding carboxylic acids is 1. The van der Waals surface area contributed by atoms with Crippen molar-refractivity contribution in [3.8, 4) is 0 Å². The first-order valence-electron chi connectivity index (χ1n) is 7.65. The fourth-order valence-corrected chi connectivity index (χ4v) is 3.29. The number of aromatic nitrogens is 2. The van der Waals surface area contributed by atoms with Crippen molar-refractivity contribution in [1.82, 2.24) is 14.9 Å². The Morgan fingerprint density at radius 3 is 2.81 bits per heavy atom. The highest BCUT2D eigenvalue weighted by Gasteiger charge is 2.39. The molecule has 3 rings (SSSR count). The van der Waals surface area contributed by atoms with E-state index in [9.17, 15) is 4.79 Å². The molecule has 2 saturated heterocycles. The highest BCUT2D eigenvalue weighted by atomic mass is 16.5. The van der Waals surface area contributed by atoms with Crippen LogP contribution in [0.3, 0.4) is 0 Å². The normalized spacial score (nSPS) is 25.0. The van der Waals surface area contributed by atoms with Crippen LogP contribution in [0.4, 0.5) is 5.95 Å². The summed E-state index contributed by atoms with van der Waals surface area (Å²) >= 11 is 0. The fourth-order valence-electron chi connectivity index (χ4n) is 3.29. The molecular weight excluding hydrogens is 268 g/mol. The number of piperidine rings is 1. The summed E-state index contributed by atoms with van der Waals surface area (Å²) in [5.41, 5.74) is 0. The van der Waals surface area contributed by atoms with Crippen LogP contribution in [0.5, 0.6) is 0 Å². The molecule has 3 heterocycles. The lowest BCUT2D eigenvalue weighted by molar-refractivity contribution is -0.135. The number of nitrogens with zero attached hydrogens (tertiary/aromatic N) is 4. The summed E-state index contributed by atoms with van der Waals surface area (Å²) in [5.74, 6) is 2.05. The Bertz CT molecular complexity index is 482. The van der Waals surface area contributed by atoms with Gasteiger partial charge >= 0.3 is 0 Å². The van der Waals surface area contributed by atoms with Gasteiger partial charge in [-0.1, -0.05) is 0 Å². The summed E-state index contributed by atoms with van der Waals surface area (Å²) in [6.07, 6.45) is 4.66. The first kappa shape index (κ1) is 14.3. The van der Waals surface area contributed by atoms with Crippen molar-refractivity contribution < 1.29 is 9.53 Å². The van der Waals surface area contributed by atoms with Crippen molar-refractivity contribution in [1.29, 1.82) is 0 Å². The van der Waals surface area contributed by atoms with E-state index in [2.05, 4.69) is 14.9 Å². The van der Waals surface area contributed by atoms with Gasteiger partial charge in [-0.25, -0.2) is 9.97 Å². The minimum atomic E-state index is 0.119. The van der Waals surface area contributed by atoms with Gasteiger partial charge in [-0.2, -0.15) is 0 Å². The summed E-state index contributed by atoms with van der Waals surface area (Å²) in [6.45, 7) is 6.33. The topological polar surface area (TPSA) is 58.6 Å². The average Bonchev–Trinajstić information content (AvgIpc) is 2.96. The predicted octanol–water partition coefficient (Wildman–Crippen LogP) is 0.798. The van der Waals surface area contributed by atoms with Crippen molar-refractivity contribution >= 4 is 11.9 Å². The second-order valence-electron chi connectivity index (χ2n) is 5.74. The monoisotopic (exact) mass is 290 g/mol. The van der Waals surface area contributed by atoms with E-state index in [0.717, 1.165) is 38.5 Å². The van der Waals surface area contributed by atoms with Gasteiger partial charge in [-0.3, -0.25) is 4.79 Å². The number of anilines is 1. The molecule has 1 amide bonds. The van der Waals surface area contributed by atoms with Crippen LogP contribution in [-0.2, 0) is 9.53 Å². The standard InChI is InChI=1S/C15H22N4O2/c1-2-21-11-14(20)19-8-12-4-7-18(9-13(12)10-19)15-16-5-3-6-17-15/h3,5-6,12-13H,2,4,7-11H2,1H3/t12-,13+/m0/s1. The highest BCUT2D eigenvalue weighted by molar-refractivity contribution is 5.77. The van der Waals surface area contributed by atoms with E-state index in [-0.39, 0.29) is 12.5 Å². The molecule has 21 heavy (non-hydrogen) atoms. The van der Waals surface area contributed by atoms with Crippen LogP contribution in [-0.4, -0.2) is 60.2 Å². The van der Waals surface area contributed by atoms with Gasteiger partial charge in [0.2, 0.25) is 11.9 Å². The molecule has 2 atom stereocenters. The van der Waals surface area contributed by atoms with Gasteiger partial charge in [0.05, 0.1) is 0 Å². The summed E-state index contributed by atoms with van der Waals surface area (Å²) in [4.78, 5) is 24.9. The molecule has 6 nitrogen and oxygen atoms in total. The number of ether oxygens (including phenoxy) is 1. The number of hydrogen-bond acceptors (Lipinski definition) is 5. The van der Waals surface area contributed by atoms with Crippen LogP contribution in [0.25, 0.3) is 0 Å². The lowest BCUT2D eigenvalue weighted by Crippen LogP contribution is -2.40. The first-order valence-corrected chi connectivity index (χ1v) is 7.65. The van der Waals surface area contributed by atoms with Gasteiger partial charge < -0.3 is 14.5 Å². The summed E-state index contributed by atoms with van der Waals surface area (Å²) < 4.78 is 5.23. The zero-order valence-electron chi connectivity index (χ0n) is 12.4. The Morgan fingerprint density at radius 2 is 2.05 bits per heavy atom. The first-order chi connectivity index (χ1) is 10.3. The Morgan fingerprint density at radius 1 is 1.29 bits per heavy atom. The van der Waals surface area contributed by atoms with Crippen LogP contribution in [0.2, 0.25) is 0 Å². The number of carbonyl (C=O) groups is 1. The van der Waals surface area contributed by atoms with Crippen LogP contribution < -0.4 is 4.90 Å². The molecule has 114 valence electrons. The fraction of sp³-hybridized carbons (Fsp3) is 0.667. The molecule has 2 fully saturated rings. The Balaban J connectivity index is 1.59. The highest BCUT2D eigenvalue weighted by Crippen LogP contribution is 2.32. The molecule has 0 unspecified atom stereocenters. The van der Waals surface area contributed by atoms with Crippen LogP contribution in [0.15, 0.2) is 18.5 Å². The molecule has 0 spiro atoms. The van der Waals surface area contributed by atoms with E-state index in [1.807, 2.05) is 17.9 Å². The minimum Gasteiger partial charge on any atom is -0.372 e. The van der Waals surface area contributed by atoms with Crippen LogP contribution in [0, 0.1) is 11.8 Å². The van der Waals surface area contributed by atoms with Gasteiger partial charge in [-0.05, 0) is 31.2 Å². The molecule has 0 radical (unpaired) electrons.